The highest BCUT2D eigenvalue weighted by atomic mass is 35.5. The van der Waals surface area contributed by atoms with Gasteiger partial charge in [-0.3, -0.25) is 14.8 Å². The fraction of sp³-hybridized carbons (Fsp3) is 0.133. The van der Waals surface area contributed by atoms with Gasteiger partial charge in [0.05, 0.1) is 11.4 Å². The third kappa shape index (κ3) is 2.41. The van der Waals surface area contributed by atoms with Crippen molar-refractivity contribution >= 4 is 28.9 Å². The first-order valence-electron chi connectivity index (χ1n) is 6.42. The van der Waals surface area contributed by atoms with E-state index in [1.165, 1.54) is 0 Å². The normalized spacial score (nSPS) is 17.6. The lowest BCUT2D eigenvalue weighted by atomic mass is 9.97. The zero-order chi connectivity index (χ0) is 15.0. The van der Waals surface area contributed by atoms with E-state index in [0.717, 1.165) is 16.7 Å². The van der Waals surface area contributed by atoms with Crippen LogP contribution in [0.4, 0.5) is 5.69 Å². The van der Waals surface area contributed by atoms with Crippen molar-refractivity contribution in [1.29, 1.82) is 0 Å². The number of nitrogens with zero attached hydrogens (tertiary/aromatic N) is 2. The lowest BCUT2D eigenvalue weighted by Crippen LogP contribution is -2.33. The summed E-state index contributed by atoms with van der Waals surface area (Å²) in [5, 5.41) is 3.39. The maximum atomic E-state index is 12.0. The van der Waals surface area contributed by atoms with Gasteiger partial charge in [-0.05, 0) is 36.8 Å². The molecule has 1 aromatic carbocycles. The van der Waals surface area contributed by atoms with Crippen LogP contribution in [-0.4, -0.2) is 22.8 Å². The van der Waals surface area contributed by atoms with Gasteiger partial charge in [0.15, 0.2) is 6.17 Å². The van der Waals surface area contributed by atoms with Gasteiger partial charge in [0.2, 0.25) is 0 Å². The predicted octanol–water partition coefficient (Wildman–Crippen LogP) is 2.12. The Hall–Kier alpha value is -2.24. The number of hydrogen-bond donors (Lipinski definition) is 2. The zero-order valence-corrected chi connectivity index (χ0v) is 12.1. The van der Waals surface area contributed by atoms with Gasteiger partial charge in [-0.1, -0.05) is 11.6 Å². The Balaban J connectivity index is 2.30. The zero-order valence-electron chi connectivity index (χ0n) is 11.3. The number of anilines is 1. The van der Waals surface area contributed by atoms with Gasteiger partial charge in [0, 0.05) is 28.5 Å². The largest absolute Gasteiger partial charge is 0.322 e. The number of aliphatic imine (C=N–C) groups is 1. The molecular formula is C15H13ClN4O. The number of fused-ring (bicyclic) bond motifs is 1. The molecule has 0 bridgehead atoms. The van der Waals surface area contributed by atoms with Gasteiger partial charge in [-0.15, -0.1) is 0 Å². The molecular weight excluding hydrogens is 288 g/mol. The minimum absolute atomic E-state index is 0.350. The lowest BCUT2D eigenvalue weighted by molar-refractivity contribution is -0.117. The monoisotopic (exact) mass is 300 g/mol. The molecule has 1 unspecified atom stereocenters. The summed E-state index contributed by atoms with van der Waals surface area (Å²) in [5.41, 5.74) is 9.49. The van der Waals surface area contributed by atoms with Gasteiger partial charge < -0.3 is 11.1 Å². The van der Waals surface area contributed by atoms with Crippen molar-refractivity contribution in [2.45, 2.75) is 13.1 Å². The van der Waals surface area contributed by atoms with Gasteiger partial charge in [0.25, 0.3) is 5.91 Å². The average molecular weight is 301 g/mol. The number of halogens is 1. The average Bonchev–Trinajstić information content (AvgIpc) is 2.62. The first kappa shape index (κ1) is 13.7. The topological polar surface area (TPSA) is 80.4 Å². The van der Waals surface area contributed by atoms with E-state index in [2.05, 4.69) is 15.3 Å². The van der Waals surface area contributed by atoms with E-state index in [9.17, 15) is 4.79 Å². The van der Waals surface area contributed by atoms with Crippen molar-refractivity contribution in [2.24, 2.45) is 10.7 Å². The Labute approximate surface area is 126 Å². The summed E-state index contributed by atoms with van der Waals surface area (Å²) in [4.78, 5) is 20.4. The van der Waals surface area contributed by atoms with E-state index in [1.807, 2.05) is 19.1 Å². The van der Waals surface area contributed by atoms with Crippen molar-refractivity contribution in [3.63, 3.8) is 0 Å². The summed E-state index contributed by atoms with van der Waals surface area (Å²) in [6.45, 7) is 1.88. The number of pyridine rings is 1. The molecule has 3 rings (SSSR count). The fourth-order valence-corrected chi connectivity index (χ4v) is 2.44. The minimum Gasteiger partial charge on any atom is -0.322 e. The number of aromatic nitrogens is 1. The van der Waals surface area contributed by atoms with E-state index >= 15 is 0 Å². The number of rotatable bonds is 1. The van der Waals surface area contributed by atoms with Crippen molar-refractivity contribution in [3.05, 3.63) is 58.4 Å². The molecule has 21 heavy (non-hydrogen) atoms. The molecule has 0 fully saturated rings. The molecule has 1 aliphatic heterocycles. The number of benzene rings is 1. The number of nitrogens with one attached hydrogen (secondary N) is 1. The summed E-state index contributed by atoms with van der Waals surface area (Å²) in [6.07, 6.45) is 2.40. The Morgan fingerprint density at radius 3 is 2.86 bits per heavy atom. The Kier molecular flexibility index (Phi) is 3.45. The molecule has 0 aliphatic carbocycles. The second-order valence-corrected chi connectivity index (χ2v) is 5.16. The first-order valence-corrected chi connectivity index (χ1v) is 6.80. The third-order valence-corrected chi connectivity index (χ3v) is 3.77. The highest BCUT2D eigenvalue weighted by Crippen LogP contribution is 2.30. The molecule has 3 N–H and O–H groups in total. The van der Waals surface area contributed by atoms with Crippen molar-refractivity contribution < 1.29 is 4.79 Å². The highest BCUT2D eigenvalue weighted by Gasteiger charge is 2.25. The maximum absolute atomic E-state index is 12.0. The predicted molar refractivity (Wildman–Crippen MR) is 82.7 cm³/mol. The van der Waals surface area contributed by atoms with E-state index in [0.29, 0.717) is 16.4 Å². The van der Waals surface area contributed by atoms with Crippen LogP contribution >= 0.6 is 11.6 Å². The summed E-state index contributed by atoms with van der Waals surface area (Å²) < 4.78 is 0. The smallest absolute Gasteiger partial charge is 0.263 e. The van der Waals surface area contributed by atoms with Crippen LogP contribution in [0.5, 0.6) is 0 Å². The van der Waals surface area contributed by atoms with E-state index < -0.39 is 6.17 Å². The SMILES string of the molecule is Cc1c(Cl)ccc2c1C(c1cccnc1)=NC(N)C(=O)N2. The molecule has 106 valence electrons. The van der Waals surface area contributed by atoms with Crippen LogP contribution in [0.15, 0.2) is 41.7 Å². The second kappa shape index (κ2) is 5.27. The molecule has 0 spiro atoms. The second-order valence-electron chi connectivity index (χ2n) is 4.75. The van der Waals surface area contributed by atoms with Crippen molar-refractivity contribution in [3.8, 4) is 0 Å². The number of carbonyl (C=O) groups is 1. The van der Waals surface area contributed by atoms with Crippen molar-refractivity contribution in [2.75, 3.05) is 5.32 Å². The van der Waals surface area contributed by atoms with Crippen molar-refractivity contribution in [1.82, 2.24) is 4.98 Å². The van der Waals surface area contributed by atoms with Gasteiger partial charge in [0.1, 0.15) is 0 Å². The Morgan fingerprint density at radius 1 is 1.33 bits per heavy atom. The van der Waals surface area contributed by atoms with E-state index in [-0.39, 0.29) is 5.91 Å². The Morgan fingerprint density at radius 2 is 2.14 bits per heavy atom. The summed E-state index contributed by atoms with van der Waals surface area (Å²) in [6, 6.07) is 7.18. The van der Waals surface area contributed by atoms with Crippen LogP contribution in [0.2, 0.25) is 5.02 Å². The Bertz CT molecular complexity index is 743. The van der Waals surface area contributed by atoms with E-state index in [4.69, 9.17) is 17.3 Å². The molecule has 1 atom stereocenters. The lowest BCUT2D eigenvalue weighted by Gasteiger charge is -2.13. The minimum atomic E-state index is -0.967. The molecule has 5 nitrogen and oxygen atoms in total. The first-order chi connectivity index (χ1) is 10.1. The molecule has 0 saturated carbocycles. The third-order valence-electron chi connectivity index (χ3n) is 3.37. The van der Waals surface area contributed by atoms with Crippen LogP contribution in [0.3, 0.4) is 0 Å². The number of benzodiazepines with no additional fused rings is 1. The summed E-state index contributed by atoms with van der Waals surface area (Å²) >= 11 is 6.21. The molecule has 1 aliphatic rings. The molecule has 6 heteroatoms. The van der Waals surface area contributed by atoms with Crippen LogP contribution in [0, 0.1) is 6.92 Å². The molecule has 0 saturated heterocycles. The standard InChI is InChI=1S/C15H13ClN4O/c1-8-10(16)4-5-11-12(8)13(9-3-2-6-18-7-9)20-14(17)15(21)19-11/h2-7,14H,17H2,1H3,(H,19,21). The molecule has 1 aromatic heterocycles. The highest BCUT2D eigenvalue weighted by molar-refractivity contribution is 6.33. The molecule has 2 aromatic rings. The van der Waals surface area contributed by atoms with E-state index in [1.54, 1.807) is 24.5 Å². The van der Waals surface area contributed by atoms with Crippen LogP contribution in [0.1, 0.15) is 16.7 Å². The van der Waals surface area contributed by atoms with Crippen LogP contribution in [0.25, 0.3) is 0 Å². The summed E-state index contributed by atoms with van der Waals surface area (Å²) in [5.74, 6) is -0.350. The van der Waals surface area contributed by atoms with Gasteiger partial charge in [-0.2, -0.15) is 0 Å². The molecule has 0 radical (unpaired) electrons. The summed E-state index contributed by atoms with van der Waals surface area (Å²) in [7, 11) is 0. The molecule has 1 amide bonds. The van der Waals surface area contributed by atoms with Crippen LogP contribution in [-0.2, 0) is 4.79 Å². The number of nitrogens with two attached hydrogens (primary N) is 1. The number of hydrogen-bond acceptors (Lipinski definition) is 4. The number of amides is 1. The quantitative estimate of drug-likeness (QED) is 0.846. The fourth-order valence-electron chi connectivity index (χ4n) is 2.29. The number of carbonyl (C=O) groups excluding carboxylic acids is 1. The van der Waals surface area contributed by atoms with Gasteiger partial charge in [-0.25, -0.2) is 0 Å². The van der Waals surface area contributed by atoms with Crippen LogP contribution < -0.4 is 11.1 Å². The molecule has 2 heterocycles. The maximum Gasteiger partial charge on any atom is 0.263 e. The van der Waals surface area contributed by atoms with Gasteiger partial charge >= 0.3 is 0 Å².